The first kappa shape index (κ1) is 25.5. The first-order valence-electron chi connectivity index (χ1n) is 10.4. The minimum Gasteiger partial charge on any atom is -0.481 e. The predicted molar refractivity (Wildman–Crippen MR) is 137 cm³/mol. The average molecular weight is 547 g/mol. The van der Waals surface area contributed by atoms with Crippen molar-refractivity contribution in [3.05, 3.63) is 74.5 Å². The number of amides is 2. The molecular formula is C24H25BrClN5O3. The van der Waals surface area contributed by atoms with E-state index in [4.69, 9.17) is 16.3 Å². The number of hydrogen-bond donors (Lipinski definition) is 2. The number of anilines is 1. The summed E-state index contributed by atoms with van der Waals surface area (Å²) >= 11 is 9.34. The lowest BCUT2D eigenvalue weighted by molar-refractivity contribution is -0.122. The number of nitrogens with zero attached hydrogens (tertiary/aromatic N) is 3. The molecule has 2 aromatic carbocycles. The number of halogens is 2. The summed E-state index contributed by atoms with van der Waals surface area (Å²) in [4.78, 5) is 25.0. The van der Waals surface area contributed by atoms with Crippen LogP contribution in [0.1, 0.15) is 41.2 Å². The maximum absolute atomic E-state index is 12.5. The third-order valence-electron chi connectivity index (χ3n) is 5.07. The minimum absolute atomic E-state index is 0.281. The molecule has 10 heteroatoms. The molecule has 0 bridgehead atoms. The first-order valence-corrected chi connectivity index (χ1v) is 11.6. The van der Waals surface area contributed by atoms with Gasteiger partial charge in [-0.2, -0.15) is 10.2 Å². The third-order valence-corrected chi connectivity index (χ3v) is 6.25. The van der Waals surface area contributed by atoms with Crippen molar-refractivity contribution >= 4 is 50.7 Å². The van der Waals surface area contributed by atoms with E-state index in [1.165, 1.54) is 4.68 Å². The second kappa shape index (κ2) is 10.8. The fourth-order valence-corrected chi connectivity index (χ4v) is 3.90. The van der Waals surface area contributed by atoms with Gasteiger partial charge in [0.15, 0.2) is 6.10 Å². The van der Waals surface area contributed by atoms with E-state index in [0.29, 0.717) is 38.0 Å². The molecule has 1 aromatic heterocycles. The van der Waals surface area contributed by atoms with Crippen molar-refractivity contribution in [2.75, 3.05) is 5.32 Å². The number of aryl methyl sites for hydroxylation is 3. The molecule has 0 aliphatic heterocycles. The summed E-state index contributed by atoms with van der Waals surface area (Å²) in [6.45, 7) is 7.13. The Morgan fingerprint density at radius 3 is 2.44 bits per heavy atom. The number of hydrogen-bond acceptors (Lipinski definition) is 5. The van der Waals surface area contributed by atoms with E-state index in [0.717, 1.165) is 11.1 Å². The molecule has 0 radical (unpaired) electrons. The van der Waals surface area contributed by atoms with Crippen LogP contribution < -0.4 is 15.5 Å². The van der Waals surface area contributed by atoms with Gasteiger partial charge in [0.1, 0.15) is 11.4 Å². The van der Waals surface area contributed by atoms with E-state index in [2.05, 4.69) is 36.9 Å². The molecule has 0 aliphatic carbocycles. The van der Waals surface area contributed by atoms with Crippen LogP contribution >= 0.6 is 27.5 Å². The van der Waals surface area contributed by atoms with Crippen molar-refractivity contribution in [2.24, 2.45) is 12.1 Å². The highest BCUT2D eigenvalue weighted by molar-refractivity contribution is 9.10. The van der Waals surface area contributed by atoms with Gasteiger partial charge in [0.2, 0.25) is 0 Å². The number of aromatic nitrogens is 2. The highest BCUT2D eigenvalue weighted by atomic mass is 79.9. The van der Waals surface area contributed by atoms with E-state index in [1.54, 1.807) is 70.3 Å². The van der Waals surface area contributed by atoms with Gasteiger partial charge in [0, 0.05) is 17.8 Å². The monoisotopic (exact) mass is 545 g/mol. The number of ether oxygens (including phenoxy) is 1. The Hall–Kier alpha value is -3.17. The summed E-state index contributed by atoms with van der Waals surface area (Å²) in [7, 11) is 1.69. The average Bonchev–Trinajstić information content (AvgIpc) is 3.05. The Morgan fingerprint density at radius 2 is 1.85 bits per heavy atom. The molecule has 178 valence electrons. The number of hydrazone groups is 1. The molecule has 0 saturated heterocycles. The van der Waals surface area contributed by atoms with Crippen LogP contribution in [-0.4, -0.2) is 33.4 Å². The highest BCUT2D eigenvalue weighted by Crippen LogP contribution is 2.23. The molecule has 34 heavy (non-hydrogen) atoms. The summed E-state index contributed by atoms with van der Waals surface area (Å²) in [5.74, 6) is -0.0514. The Balaban J connectivity index is 1.60. The topological polar surface area (TPSA) is 97.6 Å². The van der Waals surface area contributed by atoms with Crippen molar-refractivity contribution in [3.8, 4) is 5.75 Å². The summed E-state index contributed by atoms with van der Waals surface area (Å²) in [6, 6.07) is 12.4. The molecule has 1 heterocycles. The minimum atomic E-state index is -0.701. The SMILES string of the molecule is CC(=NNC(=O)c1c(Br)c(C)nn1C)c1ccc(NC(=O)C(C)Oc2ccc(Cl)cc2C)cc1. The molecular weight excluding hydrogens is 522 g/mol. The van der Waals surface area contributed by atoms with Crippen LogP contribution in [0.3, 0.4) is 0 Å². The maximum Gasteiger partial charge on any atom is 0.290 e. The van der Waals surface area contributed by atoms with Crippen molar-refractivity contribution in [3.63, 3.8) is 0 Å². The van der Waals surface area contributed by atoms with Crippen LogP contribution in [0.2, 0.25) is 5.02 Å². The lowest BCUT2D eigenvalue weighted by Crippen LogP contribution is -2.30. The van der Waals surface area contributed by atoms with Crippen LogP contribution in [-0.2, 0) is 11.8 Å². The number of benzene rings is 2. The van der Waals surface area contributed by atoms with E-state index in [-0.39, 0.29) is 11.8 Å². The molecule has 0 fully saturated rings. The normalized spacial score (nSPS) is 12.3. The van der Waals surface area contributed by atoms with E-state index >= 15 is 0 Å². The number of carbonyl (C=O) groups is 2. The zero-order chi connectivity index (χ0) is 25.0. The standard InChI is InChI=1S/C24H25BrClN5O3/c1-13-12-18(26)8-11-20(13)34-16(4)23(32)27-19-9-6-17(7-10-19)14(2)28-29-24(33)22-21(25)15(3)30-31(22)5/h6-12,16H,1-5H3,(H,27,32)(H,29,33). The molecule has 2 amide bonds. The zero-order valence-corrected chi connectivity index (χ0v) is 21.8. The van der Waals surface area contributed by atoms with Crippen LogP contribution in [0, 0.1) is 13.8 Å². The number of rotatable bonds is 7. The molecule has 1 unspecified atom stereocenters. The van der Waals surface area contributed by atoms with Gasteiger partial charge in [-0.05, 0) is 85.1 Å². The summed E-state index contributed by atoms with van der Waals surface area (Å²) in [5, 5.41) is 11.8. The molecule has 1 atom stereocenters. The van der Waals surface area contributed by atoms with E-state index in [1.807, 2.05) is 6.92 Å². The maximum atomic E-state index is 12.5. The van der Waals surface area contributed by atoms with E-state index in [9.17, 15) is 9.59 Å². The van der Waals surface area contributed by atoms with Crippen LogP contribution in [0.25, 0.3) is 0 Å². The zero-order valence-electron chi connectivity index (χ0n) is 19.4. The molecule has 0 aliphatic rings. The van der Waals surface area contributed by atoms with Gasteiger partial charge in [-0.25, -0.2) is 5.43 Å². The van der Waals surface area contributed by atoms with Crippen molar-refractivity contribution in [1.29, 1.82) is 0 Å². The Morgan fingerprint density at radius 1 is 1.18 bits per heavy atom. The molecule has 0 saturated carbocycles. The lowest BCUT2D eigenvalue weighted by Gasteiger charge is -2.16. The van der Waals surface area contributed by atoms with E-state index < -0.39 is 6.10 Å². The van der Waals surface area contributed by atoms with Gasteiger partial charge in [0.25, 0.3) is 11.8 Å². The van der Waals surface area contributed by atoms with Crippen LogP contribution in [0.5, 0.6) is 5.75 Å². The largest absolute Gasteiger partial charge is 0.481 e. The first-order chi connectivity index (χ1) is 16.1. The van der Waals surface area contributed by atoms with Crippen LogP contribution in [0.15, 0.2) is 52.0 Å². The van der Waals surface area contributed by atoms with Gasteiger partial charge in [-0.15, -0.1) is 0 Å². The van der Waals surface area contributed by atoms with Gasteiger partial charge in [-0.3, -0.25) is 14.3 Å². The molecule has 3 rings (SSSR count). The Kier molecular flexibility index (Phi) is 8.11. The van der Waals surface area contributed by atoms with Gasteiger partial charge in [-0.1, -0.05) is 23.7 Å². The summed E-state index contributed by atoms with van der Waals surface area (Å²) < 4.78 is 7.89. The molecule has 0 spiro atoms. The molecule has 2 N–H and O–H groups in total. The summed E-state index contributed by atoms with van der Waals surface area (Å²) in [6.07, 6.45) is -0.701. The van der Waals surface area contributed by atoms with Crippen molar-refractivity contribution in [2.45, 2.75) is 33.8 Å². The Bertz CT molecular complexity index is 1250. The van der Waals surface area contributed by atoms with Gasteiger partial charge < -0.3 is 10.1 Å². The highest BCUT2D eigenvalue weighted by Gasteiger charge is 2.18. The second-order valence-electron chi connectivity index (χ2n) is 7.75. The quantitative estimate of drug-likeness (QED) is 0.321. The molecule has 3 aromatic rings. The third kappa shape index (κ3) is 6.03. The van der Waals surface area contributed by atoms with Crippen molar-refractivity contribution < 1.29 is 14.3 Å². The fourth-order valence-electron chi connectivity index (χ4n) is 3.16. The van der Waals surface area contributed by atoms with Crippen LogP contribution in [0.4, 0.5) is 5.69 Å². The lowest BCUT2D eigenvalue weighted by atomic mass is 10.1. The summed E-state index contributed by atoms with van der Waals surface area (Å²) in [5.41, 5.74) is 6.52. The van der Waals surface area contributed by atoms with Gasteiger partial charge >= 0.3 is 0 Å². The van der Waals surface area contributed by atoms with Gasteiger partial charge in [0.05, 0.1) is 15.9 Å². The predicted octanol–water partition coefficient (Wildman–Crippen LogP) is 5.01. The number of carbonyl (C=O) groups excluding carboxylic acids is 2. The second-order valence-corrected chi connectivity index (χ2v) is 8.98. The Labute approximate surface area is 211 Å². The van der Waals surface area contributed by atoms with Crippen molar-refractivity contribution in [1.82, 2.24) is 15.2 Å². The molecule has 8 nitrogen and oxygen atoms in total. The fraction of sp³-hybridized carbons (Fsp3) is 0.250. The smallest absolute Gasteiger partial charge is 0.290 e. The number of nitrogens with one attached hydrogen (secondary N) is 2.